The van der Waals surface area contributed by atoms with Gasteiger partial charge >= 0.3 is 0 Å². The van der Waals surface area contributed by atoms with Gasteiger partial charge in [0.15, 0.2) is 0 Å². The Morgan fingerprint density at radius 2 is 2.06 bits per heavy atom. The summed E-state index contributed by atoms with van der Waals surface area (Å²) in [4.78, 5) is 2.45. The van der Waals surface area contributed by atoms with Gasteiger partial charge in [0.2, 0.25) is 0 Å². The molecule has 1 aromatic carbocycles. The first-order valence-corrected chi connectivity index (χ1v) is 6.50. The van der Waals surface area contributed by atoms with Gasteiger partial charge < -0.3 is 10.1 Å². The van der Waals surface area contributed by atoms with Crippen molar-refractivity contribution in [2.75, 3.05) is 32.8 Å². The fourth-order valence-corrected chi connectivity index (χ4v) is 2.07. The highest BCUT2D eigenvalue weighted by Gasteiger charge is 2.22. The van der Waals surface area contributed by atoms with Crippen LogP contribution in [0.25, 0.3) is 0 Å². The Balaban J connectivity index is 1.72. The summed E-state index contributed by atoms with van der Waals surface area (Å²) in [5.41, 5.74) is 0. The van der Waals surface area contributed by atoms with E-state index in [1.807, 2.05) is 24.3 Å². The Labute approximate surface area is 108 Å². The van der Waals surface area contributed by atoms with Gasteiger partial charge in [-0.2, -0.15) is 0 Å². The third kappa shape index (κ3) is 3.60. The van der Waals surface area contributed by atoms with Crippen molar-refractivity contribution in [2.24, 2.45) is 0 Å². The third-order valence-electron chi connectivity index (χ3n) is 3.14. The normalized spacial score (nSPS) is 15.9. The molecule has 0 aliphatic carbocycles. The number of hydrogen-bond acceptors (Lipinski definition) is 3. The molecule has 94 valence electrons. The number of nitrogens with zero attached hydrogens (tertiary/aromatic N) is 1. The quantitative estimate of drug-likeness (QED) is 0.841. The van der Waals surface area contributed by atoms with Crippen molar-refractivity contribution in [1.29, 1.82) is 0 Å². The molecule has 0 atom stereocenters. The zero-order valence-corrected chi connectivity index (χ0v) is 10.9. The van der Waals surface area contributed by atoms with E-state index in [0.29, 0.717) is 6.04 Å². The topological polar surface area (TPSA) is 24.5 Å². The molecule has 0 aromatic heterocycles. The van der Waals surface area contributed by atoms with Crippen LogP contribution in [0, 0.1) is 0 Å². The van der Waals surface area contributed by atoms with Gasteiger partial charge in [-0.1, -0.05) is 18.5 Å². The Bertz CT molecular complexity index is 338. The first-order valence-electron chi connectivity index (χ1n) is 6.12. The number of benzene rings is 1. The minimum absolute atomic E-state index is 0.689. The molecule has 0 spiro atoms. The zero-order chi connectivity index (χ0) is 12.1. The summed E-state index contributed by atoms with van der Waals surface area (Å²) in [6, 6.07) is 8.20. The van der Waals surface area contributed by atoms with Crippen molar-refractivity contribution in [2.45, 2.75) is 13.0 Å². The Kier molecular flexibility index (Phi) is 4.66. The van der Waals surface area contributed by atoms with Crippen molar-refractivity contribution < 1.29 is 4.74 Å². The van der Waals surface area contributed by atoms with Crippen LogP contribution in [0.3, 0.4) is 0 Å². The van der Waals surface area contributed by atoms with Crippen LogP contribution in [-0.4, -0.2) is 43.7 Å². The van der Waals surface area contributed by atoms with Crippen LogP contribution in [0.4, 0.5) is 0 Å². The van der Waals surface area contributed by atoms with Gasteiger partial charge in [0, 0.05) is 30.7 Å². The molecule has 1 aliphatic rings. The molecule has 0 unspecified atom stereocenters. The van der Waals surface area contributed by atoms with E-state index in [9.17, 15) is 0 Å². The molecule has 0 bridgehead atoms. The molecule has 0 saturated carbocycles. The van der Waals surface area contributed by atoms with E-state index >= 15 is 0 Å². The highest BCUT2D eigenvalue weighted by Crippen LogP contribution is 2.15. The number of ether oxygens (including phenoxy) is 1. The lowest BCUT2D eigenvalue weighted by Gasteiger charge is -2.37. The second-order valence-electron chi connectivity index (χ2n) is 4.24. The molecule has 1 heterocycles. The SMILES string of the molecule is CCN(CCOc1ccc(Cl)cc1)C1CNC1. The lowest BCUT2D eigenvalue weighted by molar-refractivity contribution is 0.128. The number of nitrogens with one attached hydrogen (secondary N) is 1. The summed E-state index contributed by atoms with van der Waals surface area (Å²) in [6.45, 7) is 7.19. The van der Waals surface area contributed by atoms with Crippen molar-refractivity contribution in [3.05, 3.63) is 29.3 Å². The molecule has 1 fully saturated rings. The van der Waals surface area contributed by atoms with Gasteiger partial charge in [-0.25, -0.2) is 0 Å². The maximum atomic E-state index is 5.82. The molecule has 1 saturated heterocycles. The molecule has 3 nitrogen and oxygen atoms in total. The summed E-state index contributed by atoms with van der Waals surface area (Å²) in [5.74, 6) is 0.886. The molecule has 1 aromatic rings. The van der Waals surface area contributed by atoms with Crippen molar-refractivity contribution in [3.8, 4) is 5.75 Å². The van der Waals surface area contributed by atoms with Gasteiger partial charge in [-0.3, -0.25) is 4.90 Å². The number of hydrogen-bond donors (Lipinski definition) is 1. The maximum absolute atomic E-state index is 5.82. The van der Waals surface area contributed by atoms with E-state index in [2.05, 4.69) is 17.1 Å². The Morgan fingerprint density at radius 3 is 2.59 bits per heavy atom. The average molecular weight is 255 g/mol. The van der Waals surface area contributed by atoms with E-state index in [1.54, 1.807) is 0 Å². The lowest BCUT2D eigenvalue weighted by atomic mass is 10.1. The average Bonchev–Trinajstić information content (AvgIpc) is 2.28. The second-order valence-corrected chi connectivity index (χ2v) is 4.68. The first-order chi connectivity index (χ1) is 8.29. The highest BCUT2D eigenvalue weighted by molar-refractivity contribution is 6.30. The summed E-state index contributed by atoms with van der Waals surface area (Å²) in [6.07, 6.45) is 0. The molecule has 0 amide bonds. The first kappa shape index (κ1) is 12.7. The second kappa shape index (κ2) is 6.24. The Morgan fingerprint density at radius 1 is 1.35 bits per heavy atom. The maximum Gasteiger partial charge on any atom is 0.119 e. The smallest absolute Gasteiger partial charge is 0.119 e. The summed E-state index contributed by atoms with van der Waals surface area (Å²) < 4.78 is 5.69. The van der Waals surface area contributed by atoms with Crippen molar-refractivity contribution in [3.63, 3.8) is 0 Å². The minimum Gasteiger partial charge on any atom is -0.492 e. The fourth-order valence-electron chi connectivity index (χ4n) is 1.94. The van der Waals surface area contributed by atoms with E-state index in [1.165, 1.54) is 0 Å². The van der Waals surface area contributed by atoms with E-state index < -0.39 is 0 Å². The van der Waals surface area contributed by atoms with E-state index in [0.717, 1.165) is 43.6 Å². The number of rotatable bonds is 6. The standard InChI is InChI=1S/C13H19ClN2O/c1-2-16(12-9-15-10-12)7-8-17-13-5-3-11(14)4-6-13/h3-6,12,15H,2,7-10H2,1H3. The van der Waals surface area contributed by atoms with Gasteiger partial charge in [0.05, 0.1) is 0 Å². The van der Waals surface area contributed by atoms with Gasteiger partial charge in [0.25, 0.3) is 0 Å². The molecule has 0 radical (unpaired) electrons. The van der Waals surface area contributed by atoms with Crippen LogP contribution in [-0.2, 0) is 0 Å². The van der Waals surface area contributed by atoms with Crippen LogP contribution in [0.15, 0.2) is 24.3 Å². The molecule has 4 heteroatoms. The zero-order valence-electron chi connectivity index (χ0n) is 10.2. The number of halogens is 1. The van der Waals surface area contributed by atoms with E-state index in [4.69, 9.17) is 16.3 Å². The van der Waals surface area contributed by atoms with Crippen LogP contribution >= 0.6 is 11.6 Å². The van der Waals surface area contributed by atoms with Crippen molar-refractivity contribution >= 4 is 11.6 Å². The highest BCUT2D eigenvalue weighted by atomic mass is 35.5. The fraction of sp³-hybridized carbons (Fsp3) is 0.538. The molecule has 2 rings (SSSR count). The minimum atomic E-state index is 0.689. The molecular formula is C13H19ClN2O. The van der Waals surface area contributed by atoms with Gasteiger partial charge in [-0.05, 0) is 30.8 Å². The Hall–Kier alpha value is -0.770. The summed E-state index contributed by atoms with van der Waals surface area (Å²) >= 11 is 5.82. The predicted molar refractivity (Wildman–Crippen MR) is 70.9 cm³/mol. The molecule has 1 aliphatic heterocycles. The van der Waals surface area contributed by atoms with Crippen molar-refractivity contribution in [1.82, 2.24) is 10.2 Å². The van der Waals surface area contributed by atoms with Gasteiger partial charge in [0.1, 0.15) is 12.4 Å². The third-order valence-corrected chi connectivity index (χ3v) is 3.40. The predicted octanol–water partition coefficient (Wildman–Crippen LogP) is 2.01. The summed E-state index contributed by atoms with van der Waals surface area (Å²) in [5, 5.41) is 4.04. The molecular weight excluding hydrogens is 236 g/mol. The molecule has 1 N–H and O–H groups in total. The summed E-state index contributed by atoms with van der Waals surface area (Å²) in [7, 11) is 0. The van der Waals surface area contributed by atoms with Crippen LogP contribution in [0.5, 0.6) is 5.75 Å². The number of likely N-dealkylation sites (N-methyl/N-ethyl adjacent to an activating group) is 1. The van der Waals surface area contributed by atoms with Gasteiger partial charge in [-0.15, -0.1) is 0 Å². The monoisotopic (exact) mass is 254 g/mol. The van der Waals surface area contributed by atoms with Crippen LogP contribution in [0.1, 0.15) is 6.92 Å². The lowest BCUT2D eigenvalue weighted by Crippen LogP contribution is -2.57. The van der Waals surface area contributed by atoms with Crippen LogP contribution in [0.2, 0.25) is 5.02 Å². The van der Waals surface area contributed by atoms with E-state index in [-0.39, 0.29) is 0 Å². The van der Waals surface area contributed by atoms with Crippen LogP contribution < -0.4 is 10.1 Å². The molecule has 17 heavy (non-hydrogen) atoms. The largest absolute Gasteiger partial charge is 0.492 e.